The van der Waals surface area contributed by atoms with E-state index in [1.807, 2.05) is 34.6 Å². The summed E-state index contributed by atoms with van der Waals surface area (Å²) in [5.74, 6) is 0.689. The summed E-state index contributed by atoms with van der Waals surface area (Å²) in [6.45, 7) is 16.7. The van der Waals surface area contributed by atoms with Gasteiger partial charge in [-0.25, -0.2) is 4.79 Å². The van der Waals surface area contributed by atoms with Gasteiger partial charge in [-0.3, -0.25) is 0 Å². The van der Waals surface area contributed by atoms with Gasteiger partial charge < -0.3 is 15.0 Å². The lowest BCUT2D eigenvalue weighted by molar-refractivity contribution is 0.0193. The Hall–Kier alpha value is -0.770. The molecule has 20 heavy (non-hydrogen) atoms. The van der Waals surface area contributed by atoms with Gasteiger partial charge >= 0.3 is 6.09 Å². The third-order valence-corrected chi connectivity index (χ3v) is 3.06. The molecule has 0 bridgehead atoms. The van der Waals surface area contributed by atoms with Crippen molar-refractivity contribution in [2.24, 2.45) is 5.92 Å². The standard InChI is InChI=1S/C16H34N2O2/c1-8-9-14(4)12-17-10-11-18(13(2)3)15(19)20-16(5,6)7/h13-14,17H,8-12H2,1-7H3. The molecule has 1 amide bonds. The molecule has 0 aliphatic carbocycles. The lowest BCUT2D eigenvalue weighted by Gasteiger charge is -2.30. The Balaban J connectivity index is 4.13. The summed E-state index contributed by atoms with van der Waals surface area (Å²) in [6.07, 6.45) is 2.24. The lowest BCUT2D eigenvalue weighted by Crippen LogP contribution is -2.44. The maximum atomic E-state index is 12.1. The van der Waals surface area contributed by atoms with E-state index in [1.54, 1.807) is 4.90 Å². The molecule has 0 fully saturated rings. The minimum Gasteiger partial charge on any atom is -0.444 e. The molecule has 4 nitrogen and oxygen atoms in total. The SMILES string of the molecule is CCCC(C)CNCCN(C(=O)OC(C)(C)C)C(C)C. The van der Waals surface area contributed by atoms with E-state index in [1.165, 1.54) is 12.8 Å². The average Bonchev–Trinajstić information content (AvgIpc) is 2.25. The maximum Gasteiger partial charge on any atom is 0.410 e. The van der Waals surface area contributed by atoms with E-state index in [2.05, 4.69) is 19.2 Å². The summed E-state index contributed by atoms with van der Waals surface area (Å²) in [4.78, 5) is 13.9. The highest BCUT2D eigenvalue weighted by Crippen LogP contribution is 2.11. The molecule has 0 rings (SSSR count). The Labute approximate surface area is 125 Å². The van der Waals surface area contributed by atoms with E-state index in [0.29, 0.717) is 12.5 Å². The Morgan fingerprint density at radius 2 is 1.85 bits per heavy atom. The van der Waals surface area contributed by atoms with E-state index in [-0.39, 0.29) is 12.1 Å². The van der Waals surface area contributed by atoms with Crippen molar-refractivity contribution in [1.29, 1.82) is 0 Å². The number of ether oxygens (including phenoxy) is 1. The Morgan fingerprint density at radius 3 is 2.30 bits per heavy atom. The minimum atomic E-state index is -0.437. The van der Waals surface area contributed by atoms with Gasteiger partial charge in [0.25, 0.3) is 0 Å². The first-order chi connectivity index (χ1) is 9.17. The number of nitrogens with zero attached hydrogens (tertiary/aromatic N) is 1. The highest BCUT2D eigenvalue weighted by atomic mass is 16.6. The van der Waals surface area contributed by atoms with Gasteiger partial charge in [-0.05, 0) is 53.5 Å². The molecule has 0 aromatic rings. The van der Waals surface area contributed by atoms with Crippen LogP contribution in [0.3, 0.4) is 0 Å². The van der Waals surface area contributed by atoms with E-state index in [4.69, 9.17) is 4.74 Å². The number of hydrogen-bond donors (Lipinski definition) is 1. The normalized spacial score (nSPS) is 13.4. The van der Waals surface area contributed by atoms with Crippen LogP contribution in [0.4, 0.5) is 4.79 Å². The molecule has 0 aliphatic heterocycles. The van der Waals surface area contributed by atoms with Crippen LogP contribution in [0.15, 0.2) is 0 Å². The third kappa shape index (κ3) is 9.18. The topological polar surface area (TPSA) is 41.6 Å². The number of carbonyl (C=O) groups is 1. The Bertz CT molecular complexity index is 272. The molecular weight excluding hydrogens is 252 g/mol. The van der Waals surface area contributed by atoms with E-state index < -0.39 is 5.60 Å². The van der Waals surface area contributed by atoms with Crippen LogP contribution >= 0.6 is 0 Å². The van der Waals surface area contributed by atoms with Gasteiger partial charge in [0.05, 0.1) is 0 Å². The van der Waals surface area contributed by atoms with E-state index >= 15 is 0 Å². The van der Waals surface area contributed by atoms with Crippen LogP contribution in [-0.2, 0) is 4.74 Å². The second-order valence-corrected chi connectivity index (χ2v) is 6.87. The average molecular weight is 286 g/mol. The van der Waals surface area contributed by atoms with Crippen molar-refractivity contribution in [3.05, 3.63) is 0 Å². The Morgan fingerprint density at radius 1 is 1.25 bits per heavy atom. The van der Waals surface area contributed by atoms with Crippen LogP contribution in [0.5, 0.6) is 0 Å². The van der Waals surface area contributed by atoms with Crippen LogP contribution < -0.4 is 5.32 Å². The predicted molar refractivity (Wildman–Crippen MR) is 85.0 cm³/mol. The number of amides is 1. The first-order valence-electron chi connectivity index (χ1n) is 7.87. The van der Waals surface area contributed by atoms with E-state index in [0.717, 1.165) is 13.1 Å². The summed E-state index contributed by atoms with van der Waals surface area (Å²) in [6, 6.07) is 0.153. The number of rotatable bonds is 8. The van der Waals surface area contributed by atoms with E-state index in [9.17, 15) is 4.79 Å². The number of hydrogen-bond acceptors (Lipinski definition) is 3. The van der Waals surface area contributed by atoms with Crippen molar-refractivity contribution in [3.63, 3.8) is 0 Å². The molecule has 0 saturated carbocycles. The highest BCUT2D eigenvalue weighted by molar-refractivity contribution is 5.68. The van der Waals surface area contributed by atoms with Gasteiger partial charge in [-0.15, -0.1) is 0 Å². The third-order valence-electron chi connectivity index (χ3n) is 3.06. The fourth-order valence-corrected chi connectivity index (χ4v) is 2.02. The minimum absolute atomic E-state index is 0.153. The number of nitrogens with one attached hydrogen (secondary N) is 1. The van der Waals surface area contributed by atoms with Crippen molar-refractivity contribution in [2.75, 3.05) is 19.6 Å². The van der Waals surface area contributed by atoms with Gasteiger partial charge in [0, 0.05) is 19.1 Å². The highest BCUT2D eigenvalue weighted by Gasteiger charge is 2.23. The molecule has 1 atom stereocenters. The maximum absolute atomic E-state index is 12.1. The molecule has 4 heteroatoms. The van der Waals surface area contributed by atoms with Crippen molar-refractivity contribution in [2.45, 2.75) is 73.0 Å². The smallest absolute Gasteiger partial charge is 0.410 e. The Kier molecular flexibility index (Phi) is 8.86. The van der Waals surface area contributed by atoms with Gasteiger partial charge in [0.15, 0.2) is 0 Å². The fourth-order valence-electron chi connectivity index (χ4n) is 2.02. The number of carbonyl (C=O) groups excluding carboxylic acids is 1. The molecule has 0 radical (unpaired) electrons. The summed E-state index contributed by atoms with van der Waals surface area (Å²) in [7, 11) is 0. The second-order valence-electron chi connectivity index (χ2n) is 6.87. The van der Waals surface area contributed by atoms with Crippen LogP contribution in [0.25, 0.3) is 0 Å². The fraction of sp³-hybridized carbons (Fsp3) is 0.938. The van der Waals surface area contributed by atoms with Crippen LogP contribution in [0.2, 0.25) is 0 Å². The van der Waals surface area contributed by atoms with Crippen molar-refractivity contribution < 1.29 is 9.53 Å². The van der Waals surface area contributed by atoms with Gasteiger partial charge in [0.2, 0.25) is 0 Å². The molecule has 1 unspecified atom stereocenters. The molecule has 0 saturated heterocycles. The summed E-state index contributed by atoms with van der Waals surface area (Å²) in [5.41, 5.74) is -0.437. The van der Waals surface area contributed by atoms with Crippen LogP contribution in [0.1, 0.15) is 61.3 Å². The molecule has 0 spiro atoms. The zero-order valence-corrected chi connectivity index (χ0v) is 14.5. The van der Waals surface area contributed by atoms with Gasteiger partial charge in [-0.1, -0.05) is 20.3 Å². The zero-order chi connectivity index (χ0) is 15.8. The molecule has 1 N–H and O–H groups in total. The zero-order valence-electron chi connectivity index (χ0n) is 14.5. The largest absolute Gasteiger partial charge is 0.444 e. The first kappa shape index (κ1) is 19.2. The summed E-state index contributed by atoms with van der Waals surface area (Å²) >= 11 is 0. The molecule has 0 aromatic heterocycles. The van der Waals surface area contributed by atoms with Crippen molar-refractivity contribution in [1.82, 2.24) is 10.2 Å². The first-order valence-corrected chi connectivity index (χ1v) is 7.87. The predicted octanol–water partition coefficient (Wildman–Crippen LogP) is 3.66. The lowest BCUT2D eigenvalue weighted by atomic mass is 10.1. The monoisotopic (exact) mass is 286 g/mol. The van der Waals surface area contributed by atoms with Crippen molar-refractivity contribution >= 4 is 6.09 Å². The molecule has 120 valence electrons. The van der Waals surface area contributed by atoms with Crippen molar-refractivity contribution in [3.8, 4) is 0 Å². The molecule has 0 heterocycles. The molecular formula is C16H34N2O2. The van der Waals surface area contributed by atoms with Crippen LogP contribution in [-0.4, -0.2) is 42.3 Å². The molecule has 0 aliphatic rings. The van der Waals surface area contributed by atoms with Crippen LogP contribution in [0, 0.1) is 5.92 Å². The summed E-state index contributed by atoms with van der Waals surface area (Å²) < 4.78 is 5.44. The van der Waals surface area contributed by atoms with Gasteiger partial charge in [0.1, 0.15) is 5.60 Å². The van der Waals surface area contributed by atoms with Gasteiger partial charge in [-0.2, -0.15) is 0 Å². The quantitative estimate of drug-likeness (QED) is 0.692. The summed E-state index contributed by atoms with van der Waals surface area (Å²) in [5, 5.41) is 3.42. The molecule has 0 aromatic carbocycles. The second kappa shape index (κ2) is 9.22.